The maximum atomic E-state index is 11.7. The van der Waals surface area contributed by atoms with E-state index in [-0.39, 0.29) is 19.1 Å². The van der Waals surface area contributed by atoms with Crippen LogP contribution in [0.15, 0.2) is 0 Å². The molecule has 2 bridgehead atoms. The Hall–Kier alpha value is -0.610. The van der Waals surface area contributed by atoms with Crippen molar-refractivity contribution in [3.63, 3.8) is 0 Å². The first-order valence-corrected chi connectivity index (χ1v) is 6.60. The van der Waals surface area contributed by atoms with Crippen LogP contribution in [0.1, 0.15) is 39.0 Å². The Morgan fingerprint density at radius 2 is 2.18 bits per heavy atom. The van der Waals surface area contributed by atoms with Crippen molar-refractivity contribution >= 4 is 5.91 Å². The van der Waals surface area contributed by atoms with Gasteiger partial charge in [0.05, 0.1) is 6.61 Å². The fraction of sp³-hybridized carbons (Fsp3) is 0.923. The summed E-state index contributed by atoms with van der Waals surface area (Å²) in [5.41, 5.74) is -1.20. The molecule has 0 radical (unpaired) electrons. The van der Waals surface area contributed by atoms with Crippen molar-refractivity contribution in [3.8, 4) is 0 Å². The first kappa shape index (κ1) is 12.8. The zero-order valence-electron chi connectivity index (χ0n) is 10.5. The third-order valence-electron chi connectivity index (χ3n) is 4.34. The van der Waals surface area contributed by atoms with Crippen LogP contribution < -0.4 is 5.32 Å². The molecule has 98 valence electrons. The summed E-state index contributed by atoms with van der Waals surface area (Å²) in [4.78, 5) is 11.7. The number of rotatable bonds is 5. The van der Waals surface area contributed by atoms with Gasteiger partial charge in [-0.1, -0.05) is 6.42 Å². The van der Waals surface area contributed by atoms with Gasteiger partial charge >= 0.3 is 0 Å². The summed E-state index contributed by atoms with van der Waals surface area (Å²) < 4.78 is 0. The molecular weight excluding hydrogens is 218 g/mol. The summed E-state index contributed by atoms with van der Waals surface area (Å²) in [6.07, 6.45) is 5.74. The predicted octanol–water partition coefficient (Wildman–Crippen LogP) is 0.672. The summed E-state index contributed by atoms with van der Waals surface area (Å²) in [7, 11) is 0. The van der Waals surface area contributed by atoms with E-state index in [1.807, 2.05) is 0 Å². The highest BCUT2D eigenvalue weighted by Gasteiger charge is 2.40. The van der Waals surface area contributed by atoms with Gasteiger partial charge in [0.2, 0.25) is 5.91 Å². The van der Waals surface area contributed by atoms with Gasteiger partial charge in [0.1, 0.15) is 5.60 Å². The maximum Gasteiger partial charge on any atom is 0.220 e. The van der Waals surface area contributed by atoms with E-state index >= 15 is 0 Å². The summed E-state index contributed by atoms with van der Waals surface area (Å²) in [6.45, 7) is 1.31. The van der Waals surface area contributed by atoms with Gasteiger partial charge < -0.3 is 15.5 Å². The van der Waals surface area contributed by atoms with E-state index in [9.17, 15) is 9.90 Å². The van der Waals surface area contributed by atoms with Crippen LogP contribution in [0.3, 0.4) is 0 Å². The van der Waals surface area contributed by atoms with Gasteiger partial charge in [-0.3, -0.25) is 4.79 Å². The number of aliphatic hydroxyl groups excluding tert-OH is 1. The van der Waals surface area contributed by atoms with Gasteiger partial charge in [-0.05, 0) is 43.9 Å². The molecule has 17 heavy (non-hydrogen) atoms. The van der Waals surface area contributed by atoms with Crippen molar-refractivity contribution in [1.29, 1.82) is 0 Å². The predicted molar refractivity (Wildman–Crippen MR) is 64.3 cm³/mol. The number of hydrogen-bond donors (Lipinski definition) is 3. The molecule has 0 aromatic carbocycles. The second-order valence-corrected chi connectivity index (χ2v) is 6.07. The number of aliphatic hydroxyl groups is 2. The molecule has 2 rings (SSSR count). The number of carbonyl (C=O) groups is 1. The first-order chi connectivity index (χ1) is 8.00. The van der Waals surface area contributed by atoms with E-state index in [2.05, 4.69) is 5.32 Å². The number of amides is 1. The van der Waals surface area contributed by atoms with Crippen LogP contribution in [-0.2, 0) is 4.79 Å². The smallest absolute Gasteiger partial charge is 0.220 e. The largest absolute Gasteiger partial charge is 0.393 e. The highest BCUT2D eigenvalue weighted by atomic mass is 16.3. The zero-order chi connectivity index (χ0) is 12.5. The van der Waals surface area contributed by atoms with Crippen LogP contribution >= 0.6 is 0 Å². The van der Waals surface area contributed by atoms with Crippen molar-refractivity contribution in [2.75, 3.05) is 13.2 Å². The summed E-state index contributed by atoms with van der Waals surface area (Å²) in [5.74, 6) is 2.17. The molecule has 4 heteroatoms. The molecule has 0 aromatic heterocycles. The summed E-state index contributed by atoms with van der Waals surface area (Å²) in [5, 5.41) is 21.2. The molecule has 2 saturated carbocycles. The van der Waals surface area contributed by atoms with Gasteiger partial charge in [-0.15, -0.1) is 0 Å². The minimum atomic E-state index is -1.20. The zero-order valence-corrected chi connectivity index (χ0v) is 10.5. The SMILES string of the molecule is CC(O)(CO)CNC(=O)CC1CC2CCC1C2. The van der Waals surface area contributed by atoms with E-state index < -0.39 is 5.60 Å². The number of nitrogens with one attached hydrogen (secondary N) is 1. The van der Waals surface area contributed by atoms with E-state index in [0.29, 0.717) is 12.3 Å². The molecule has 0 aliphatic heterocycles. The highest BCUT2D eigenvalue weighted by Crippen LogP contribution is 2.49. The Morgan fingerprint density at radius 3 is 2.71 bits per heavy atom. The van der Waals surface area contributed by atoms with Gasteiger partial charge in [0, 0.05) is 13.0 Å². The van der Waals surface area contributed by atoms with Gasteiger partial charge in [-0.2, -0.15) is 0 Å². The Morgan fingerprint density at radius 1 is 1.41 bits per heavy atom. The molecule has 1 amide bonds. The molecule has 4 atom stereocenters. The Bertz CT molecular complexity index is 290. The first-order valence-electron chi connectivity index (χ1n) is 6.60. The van der Waals surface area contributed by atoms with Crippen LogP contribution in [0.25, 0.3) is 0 Å². The molecule has 4 nitrogen and oxygen atoms in total. The van der Waals surface area contributed by atoms with Crippen molar-refractivity contribution in [3.05, 3.63) is 0 Å². The fourth-order valence-electron chi connectivity index (χ4n) is 3.28. The van der Waals surface area contributed by atoms with Crippen LogP contribution in [0, 0.1) is 17.8 Å². The summed E-state index contributed by atoms with van der Waals surface area (Å²) >= 11 is 0. The van der Waals surface area contributed by atoms with Gasteiger partial charge in [0.15, 0.2) is 0 Å². The molecule has 2 fully saturated rings. The lowest BCUT2D eigenvalue weighted by Gasteiger charge is -2.23. The molecule has 3 N–H and O–H groups in total. The molecule has 0 aromatic rings. The van der Waals surface area contributed by atoms with Crippen molar-refractivity contribution in [2.24, 2.45) is 17.8 Å². The van der Waals surface area contributed by atoms with Crippen LogP contribution in [0.5, 0.6) is 0 Å². The van der Waals surface area contributed by atoms with Crippen LogP contribution in [-0.4, -0.2) is 34.9 Å². The third-order valence-corrected chi connectivity index (χ3v) is 4.34. The van der Waals surface area contributed by atoms with Crippen LogP contribution in [0.4, 0.5) is 0 Å². The molecule has 0 saturated heterocycles. The van der Waals surface area contributed by atoms with E-state index in [0.717, 1.165) is 11.8 Å². The Labute approximate surface area is 102 Å². The molecule has 0 spiro atoms. The third kappa shape index (κ3) is 3.19. The van der Waals surface area contributed by atoms with Gasteiger partial charge in [0.25, 0.3) is 0 Å². The standard InChI is InChI=1S/C13H23NO3/c1-13(17,8-15)7-14-12(16)6-11-5-9-2-3-10(11)4-9/h9-11,15,17H,2-8H2,1H3,(H,14,16). The quantitative estimate of drug-likeness (QED) is 0.662. The molecule has 4 unspecified atom stereocenters. The lowest BCUT2D eigenvalue weighted by Crippen LogP contribution is -2.43. The maximum absolute atomic E-state index is 11.7. The van der Waals surface area contributed by atoms with Crippen molar-refractivity contribution < 1.29 is 15.0 Å². The van der Waals surface area contributed by atoms with Crippen molar-refractivity contribution in [1.82, 2.24) is 5.32 Å². The second kappa shape index (κ2) is 4.94. The van der Waals surface area contributed by atoms with E-state index in [1.165, 1.54) is 32.6 Å². The van der Waals surface area contributed by atoms with Gasteiger partial charge in [-0.25, -0.2) is 0 Å². The topological polar surface area (TPSA) is 69.6 Å². The molecule has 2 aliphatic rings. The number of fused-ring (bicyclic) bond motifs is 2. The fourth-order valence-corrected chi connectivity index (χ4v) is 3.28. The minimum absolute atomic E-state index is 0.0104. The summed E-state index contributed by atoms with van der Waals surface area (Å²) in [6, 6.07) is 0. The minimum Gasteiger partial charge on any atom is -0.393 e. The van der Waals surface area contributed by atoms with E-state index in [1.54, 1.807) is 0 Å². The molecule has 0 heterocycles. The Balaban J connectivity index is 1.71. The molecular formula is C13H23NO3. The number of hydrogen-bond acceptors (Lipinski definition) is 3. The van der Waals surface area contributed by atoms with Crippen LogP contribution in [0.2, 0.25) is 0 Å². The molecule has 2 aliphatic carbocycles. The lowest BCUT2D eigenvalue weighted by molar-refractivity contribution is -0.123. The Kier molecular flexibility index (Phi) is 3.73. The monoisotopic (exact) mass is 241 g/mol. The normalized spacial score (nSPS) is 34.6. The average Bonchev–Trinajstić information content (AvgIpc) is 2.88. The van der Waals surface area contributed by atoms with Crippen molar-refractivity contribution in [2.45, 2.75) is 44.6 Å². The van der Waals surface area contributed by atoms with E-state index in [4.69, 9.17) is 5.11 Å². The second-order valence-electron chi connectivity index (χ2n) is 6.07. The highest BCUT2D eigenvalue weighted by molar-refractivity contribution is 5.76. The number of carbonyl (C=O) groups excluding carboxylic acids is 1. The lowest BCUT2D eigenvalue weighted by atomic mass is 9.86. The average molecular weight is 241 g/mol.